The molecule has 1 aliphatic rings. The predicted octanol–water partition coefficient (Wildman–Crippen LogP) is 1.37. The zero-order valence-corrected chi connectivity index (χ0v) is 7.42. The van der Waals surface area contributed by atoms with Crippen LogP contribution in [0.15, 0.2) is 0 Å². The molecule has 0 aromatic heterocycles. The van der Waals surface area contributed by atoms with Gasteiger partial charge in [-0.15, -0.1) is 0 Å². The first-order chi connectivity index (χ1) is 4.92. The number of hydrogen-bond acceptors (Lipinski definition) is 2. The van der Waals surface area contributed by atoms with Crippen LogP contribution in [0.4, 0.5) is 0 Å². The summed E-state index contributed by atoms with van der Waals surface area (Å²) in [5.41, 5.74) is 0.0930. The number of ketones is 1. The largest absolute Gasteiger partial charge is 0.385 e. The van der Waals surface area contributed by atoms with Crippen LogP contribution in [0.1, 0.15) is 33.6 Å². The molecule has 0 saturated heterocycles. The lowest BCUT2D eigenvalue weighted by Gasteiger charge is -2.35. The standard InChI is InChI=1S/C9H16O2/c1-6-4-9(2,3)5-7(10)8(6)11/h6,8,11H,4-5H2,1-3H3. The molecule has 0 amide bonds. The van der Waals surface area contributed by atoms with E-state index in [0.29, 0.717) is 6.42 Å². The van der Waals surface area contributed by atoms with Crippen LogP contribution in [0.25, 0.3) is 0 Å². The molecule has 0 radical (unpaired) electrons. The van der Waals surface area contributed by atoms with E-state index in [1.165, 1.54) is 0 Å². The summed E-state index contributed by atoms with van der Waals surface area (Å²) in [6, 6.07) is 0. The molecule has 0 bridgehead atoms. The van der Waals surface area contributed by atoms with Crippen LogP contribution in [-0.2, 0) is 4.79 Å². The molecule has 2 unspecified atom stereocenters. The third-order valence-corrected chi connectivity index (χ3v) is 2.40. The highest BCUT2D eigenvalue weighted by Crippen LogP contribution is 2.36. The number of aliphatic hydroxyl groups excluding tert-OH is 1. The van der Waals surface area contributed by atoms with E-state index >= 15 is 0 Å². The minimum Gasteiger partial charge on any atom is -0.385 e. The van der Waals surface area contributed by atoms with E-state index in [4.69, 9.17) is 0 Å². The fourth-order valence-corrected chi connectivity index (χ4v) is 1.95. The van der Waals surface area contributed by atoms with Gasteiger partial charge in [0.25, 0.3) is 0 Å². The molecule has 2 nitrogen and oxygen atoms in total. The van der Waals surface area contributed by atoms with Crippen molar-refractivity contribution in [1.29, 1.82) is 0 Å². The van der Waals surface area contributed by atoms with Crippen molar-refractivity contribution in [3.8, 4) is 0 Å². The van der Waals surface area contributed by atoms with Gasteiger partial charge in [0.15, 0.2) is 5.78 Å². The maximum absolute atomic E-state index is 11.2. The van der Waals surface area contributed by atoms with Crippen LogP contribution in [0.3, 0.4) is 0 Å². The smallest absolute Gasteiger partial charge is 0.162 e. The van der Waals surface area contributed by atoms with Crippen LogP contribution in [-0.4, -0.2) is 17.0 Å². The van der Waals surface area contributed by atoms with Crippen molar-refractivity contribution in [2.45, 2.75) is 39.7 Å². The molecule has 0 aromatic rings. The summed E-state index contributed by atoms with van der Waals surface area (Å²) in [4.78, 5) is 11.2. The highest BCUT2D eigenvalue weighted by molar-refractivity contribution is 5.84. The Hall–Kier alpha value is -0.370. The monoisotopic (exact) mass is 156 g/mol. The minimum atomic E-state index is -0.706. The van der Waals surface area contributed by atoms with E-state index in [0.717, 1.165) is 6.42 Å². The van der Waals surface area contributed by atoms with Gasteiger partial charge in [-0.05, 0) is 17.8 Å². The van der Waals surface area contributed by atoms with Gasteiger partial charge in [0.05, 0.1) is 0 Å². The summed E-state index contributed by atoms with van der Waals surface area (Å²) in [6.45, 7) is 6.09. The Morgan fingerprint density at radius 2 is 2.09 bits per heavy atom. The molecule has 0 aromatic carbocycles. The molecule has 64 valence electrons. The number of aliphatic hydroxyl groups is 1. The lowest BCUT2D eigenvalue weighted by atomic mass is 9.71. The molecule has 0 spiro atoms. The Labute approximate surface area is 67.6 Å². The van der Waals surface area contributed by atoms with Crippen LogP contribution >= 0.6 is 0 Å². The van der Waals surface area contributed by atoms with Gasteiger partial charge in [-0.2, -0.15) is 0 Å². The topological polar surface area (TPSA) is 37.3 Å². The van der Waals surface area contributed by atoms with Crippen molar-refractivity contribution in [3.63, 3.8) is 0 Å². The van der Waals surface area contributed by atoms with Gasteiger partial charge in [-0.3, -0.25) is 4.79 Å². The first-order valence-electron chi connectivity index (χ1n) is 4.13. The van der Waals surface area contributed by atoms with Gasteiger partial charge < -0.3 is 5.11 Å². The zero-order chi connectivity index (χ0) is 8.65. The maximum Gasteiger partial charge on any atom is 0.162 e. The van der Waals surface area contributed by atoms with Crippen LogP contribution < -0.4 is 0 Å². The molecular weight excluding hydrogens is 140 g/mol. The van der Waals surface area contributed by atoms with Crippen LogP contribution in [0.2, 0.25) is 0 Å². The van der Waals surface area contributed by atoms with Gasteiger partial charge in [-0.1, -0.05) is 20.8 Å². The first kappa shape index (κ1) is 8.72. The van der Waals surface area contributed by atoms with Crippen molar-refractivity contribution in [1.82, 2.24) is 0 Å². The molecule has 1 rings (SSSR count). The lowest BCUT2D eigenvalue weighted by molar-refractivity contribution is -0.136. The number of Topliss-reactive ketones (excluding diaryl/α,β-unsaturated/α-hetero) is 1. The molecule has 1 fully saturated rings. The summed E-state index contributed by atoms with van der Waals surface area (Å²) in [6.07, 6.45) is 0.765. The molecule has 2 heteroatoms. The molecule has 2 atom stereocenters. The number of hydrogen-bond donors (Lipinski definition) is 1. The molecule has 1 N–H and O–H groups in total. The van der Waals surface area contributed by atoms with Crippen molar-refractivity contribution in [2.24, 2.45) is 11.3 Å². The lowest BCUT2D eigenvalue weighted by Crippen LogP contribution is -2.39. The Kier molecular flexibility index (Phi) is 2.06. The first-order valence-corrected chi connectivity index (χ1v) is 4.13. The number of rotatable bonds is 0. The van der Waals surface area contributed by atoms with Gasteiger partial charge in [-0.25, -0.2) is 0 Å². The van der Waals surface area contributed by atoms with Crippen molar-refractivity contribution in [3.05, 3.63) is 0 Å². The fourth-order valence-electron chi connectivity index (χ4n) is 1.95. The average Bonchev–Trinajstić information content (AvgIpc) is 1.81. The summed E-state index contributed by atoms with van der Waals surface area (Å²) in [7, 11) is 0. The van der Waals surface area contributed by atoms with E-state index in [2.05, 4.69) is 13.8 Å². The molecule has 1 saturated carbocycles. The van der Waals surface area contributed by atoms with Crippen molar-refractivity contribution in [2.75, 3.05) is 0 Å². The van der Waals surface area contributed by atoms with E-state index in [1.54, 1.807) is 0 Å². The summed E-state index contributed by atoms with van der Waals surface area (Å²) < 4.78 is 0. The molecule has 0 heterocycles. The normalized spacial score (nSPS) is 37.3. The van der Waals surface area contributed by atoms with Crippen molar-refractivity contribution >= 4 is 5.78 Å². The summed E-state index contributed by atoms with van der Waals surface area (Å²) >= 11 is 0. The number of carbonyl (C=O) groups is 1. The Morgan fingerprint density at radius 3 is 2.55 bits per heavy atom. The maximum atomic E-state index is 11.2. The third kappa shape index (κ3) is 1.80. The Balaban J connectivity index is 2.70. The second-order valence-electron chi connectivity index (χ2n) is 4.43. The fraction of sp³-hybridized carbons (Fsp3) is 0.889. The highest BCUT2D eigenvalue weighted by Gasteiger charge is 2.36. The SMILES string of the molecule is CC1CC(C)(C)CC(=O)C1O. The van der Waals surface area contributed by atoms with E-state index in [9.17, 15) is 9.90 Å². The Morgan fingerprint density at radius 1 is 1.55 bits per heavy atom. The van der Waals surface area contributed by atoms with E-state index in [-0.39, 0.29) is 17.1 Å². The molecule has 11 heavy (non-hydrogen) atoms. The van der Waals surface area contributed by atoms with Gasteiger partial charge in [0, 0.05) is 6.42 Å². The quantitative estimate of drug-likeness (QED) is 0.575. The summed E-state index contributed by atoms with van der Waals surface area (Å²) in [5.74, 6) is 0.139. The zero-order valence-electron chi connectivity index (χ0n) is 7.42. The number of carbonyl (C=O) groups excluding carboxylic acids is 1. The second-order valence-corrected chi connectivity index (χ2v) is 4.43. The van der Waals surface area contributed by atoms with Crippen LogP contribution in [0.5, 0.6) is 0 Å². The van der Waals surface area contributed by atoms with Gasteiger partial charge in [0.1, 0.15) is 6.10 Å². The highest BCUT2D eigenvalue weighted by atomic mass is 16.3. The minimum absolute atomic E-state index is 0.00810. The Bertz CT molecular complexity index is 172. The second kappa shape index (κ2) is 2.59. The van der Waals surface area contributed by atoms with Gasteiger partial charge >= 0.3 is 0 Å². The average molecular weight is 156 g/mol. The van der Waals surface area contributed by atoms with Crippen molar-refractivity contribution < 1.29 is 9.90 Å². The van der Waals surface area contributed by atoms with Gasteiger partial charge in [0.2, 0.25) is 0 Å². The summed E-state index contributed by atoms with van der Waals surface area (Å²) in [5, 5.41) is 9.33. The molecular formula is C9H16O2. The van der Waals surface area contributed by atoms with E-state index in [1.807, 2.05) is 6.92 Å². The third-order valence-electron chi connectivity index (χ3n) is 2.40. The van der Waals surface area contributed by atoms with Crippen LogP contribution in [0, 0.1) is 11.3 Å². The molecule has 0 aliphatic heterocycles. The molecule has 1 aliphatic carbocycles. The van der Waals surface area contributed by atoms with E-state index < -0.39 is 6.10 Å². The predicted molar refractivity (Wildman–Crippen MR) is 43.2 cm³/mol.